The van der Waals surface area contributed by atoms with Crippen LogP contribution in [0.3, 0.4) is 0 Å². The van der Waals surface area contributed by atoms with E-state index >= 15 is 0 Å². The van der Waals surface area contributed by atoms with E-state index in [4.69, 9.17) is 5.26 Å². The van der Waals surface area contributed by atoms with Crippen molar-refractivity contribution in [3.8, 4) is 17.3 Å². The summed E-state index contributed by atoms with van der Waals surface area (Å²) in [6, 6.07) is 6.55. The van der Waals surface area contributed by atoms with Crippen LogP contribution >= 0.6 is 0 Å². The second-order valence-electron chi connectivity index (χ2n) is 8.67. The molecule has 0 radical (unpaired) electrons. The lowest BCUT2D eigenvalue weighted by Crippen LogP contribution is -2.50. The topological polar surface area (TPSA) is 93.8 Å². The number of fused-ring (bicyclic) bond motifs is 1. The minimum atomic E-state index is 0.0931. The molecule has 0 atom stereocenters. The molecule has 8 heteroatoms. The number of amides is 1. The Morgan fingerprint density at radius 3 is 2.65 bits per heavy atom. The minimum absolute atomic E-state index is 0.0931. The maximum atomic E-state index is 13.0. The van der Waals surface area contributed by atoms with Crippen molar-refractivity contribution in [2.45, 2.75) is 25.7 Å². The first kappa shape index (κ1) is 19.6. The fraction of sp³-hybridized carbons (Fsp3) is 0.478. The van der Waals surface area contributed by atoms with Gasteiger partial charge in [-0.15, -0.1) is 0 Å². The summed E-state index contributed by atoms with van der Waals surface area (Å²) in [5, 5.41) is 14.4. The van der Waals surface area contributed by atoms with Crippen LogP contribution in [0.2, 0.25) is 0 Å². The SMILES string of the molecule is Cn1cc(-c2cc3c(N4CCN(C(=O)[C@H]5CC[C@H](C#N)CC5)CC4)ccnc3[nH]2)cn1. The van der Waals surface area contributed by atoms with Gasteiger partial charge in [-0.05, 0) is 37.8 Å². The molecular weight excluding hydrogens is 390 g/mol. The Balaban J connectivity index is 1.28. The molecule has 0 unspecified atom stereocenters. The number of hydrogen-bond donors (Lipinski definition) is 1. The lowest BCUT2D eigenvalue weighted by molar-refractivity contribution is -0.137. The van der Waals surface area contributed by atoms with Gasteiger partial charge in [0, 0.05) is 74.1 Å². The van der Waals surface area contributed by atoms with Gasteiger partial charge in [-0.3, -0.25) is 9.48 Å². The lowest BCUT2D eigenvalue weighted by atomic mass is 9.82. The first-order valence-corrected chi connectivity index (χ1v) is 11.0. The van der Waals surface area contributed by atoms with E-state index < -0.39 is 0 Å². The molecule has 160 valence electrons. The number of pyridine rings is 1. The fourth-order valence-corrected chi connectivity index (χ4v) is 4.90. The van der Waals surface area contributed by atoms with Crippen LogP contribution in [0.1, 0.15) is 25.7 Å². The molecule has 1 aliphatic carbocycles. The molecular formula is C23H27N7O. The number of carbonyl (C=O) groups excluding carboxylic acids is 1. The number of aromatic amines is 1. The number of anilines is 1. The number of piperazine rings is 1. The highest BCUT2D eigenvalue weighted by atomic mass is 16.2. The number of H-pyrrole nitrogens is 1. The van der Waals surface area contributed by atoms with Crippen LogP contribution in [0.5, 0.6) is 0 Å². The summed E-state index contributed by atoms with van der Waals surface area (Å²) in [6.07, 6.45) is 9.08. The Morgan fingerprint density at radius 1 is 1.19 bits per heavy atom. The summed E-state index contributed by atoms with van der Waals surface area (Å²) in [4.78, 5) is 25.2. The molecule has 0 bridgehead atoms. The van der Waals surface area contributed by atoms with Gasteiger partial charge in [-0.25, -0.2) is 4.98 Å². The van der Waals surface area contributed by atoms with E-state index in [0.717, 1.165) is 79.8 Å². The number of hydrogen-bond acceptors (Lipinski definition) is 5. The fourth-order valence-electron chi connectivity index (χ4n) is 4.90. The predicted octanol–water partition coefficient (Wildman–Crippen LogP) is 2.94. The lowest BCUT2D eigenvalue weighted by Gasteiger charge is -2.38. The van der Waals surface area contributed by atoms with Crippen molar-refractivity contribution < 1.29 is 4.79 Å². The Hall–Kier alpha value is -3.34. The van der Waals surface area contributed by atoms with Gasteiger partial charge in [0.25, 0.3) is 0 Å². The third kappa shape index (κ3) is 3.76. The molecule has 2 fully saturated rings. The first-order chi connectivity index (χ1) is 15.1. The van der Waals surface area contributed by atoms with Gasteiger partial charge in [0.1, 0.15) is 5.65 Å². The van der Waals surface area contributed by atoms with E-state index in [1.165, 1.54) is 0 Å². The molecule has 0 aromatic carbocycles. The molecule has 0 spiro atoms. The third-order valence-electron chi connectivity index (χ3n) is 6.72. The molecule has 3 aromatic rings. The molecule has 1 saturated carbocycles. The molecule has 31 heavy (non-hydrogen) atoms. The van der Waals surface area contributed by atoms with E-state index in [1.54, 1.807) is 4.68 Å². The monoisotopic (exact) mass is 417 g/mol. The van der Waals surface area contributed by atoms with Crippen LogP contribution in [-0.2, 0) is 11.8 Å². The molecule has 3 aromatic heterocycles. The Labute approximate surface area is 181 Å². The molecule has 8 nitrogen and oxygen atoms in total. The zero-order valence-electron chi connectivity index (χ0n) is 17.8. The molecule has 5 rings (SSSR count). The number of nitrogens with one attached hydrogen (secondary N) is 1. The highest BCUT2D eigenvalue weighted by molar-refractivity contribution is 5.93. The second kappa shape index (κ2) is 8.06. The number of aromatic nitrogens is 4. The minimum Gasteiger partial charge on any atom is -0.367 e. The largest absolute Gasteiger partial charge is 0.367 e. The summed E-state index contributed by atoms with van der Waals surface area (Å²) in [6.45, 7) is 3.10. The summed E-state index contributed by atoms with van der Waals surface area (Å²) in [5.41, 5.74) is 4.06. The highest BCUT2D eigenvalue weighted by Crippen LogP contribution is 2.32. The molecule has 1 aliphatic heterocycles. The Morgan fingerprint density at radius 2 is 1.97 bits per heavy atom. The third-order valence-corrected chi connectivity index (χ3v) is 6.72. The van der Waals surface area contributed by atoms with Crippen LogP contribution in [0, 0.1) is 23.2 Å². The van der Waals surface area contributed by atoms with Gasteiger partial charge in [-0.1, -0.05) is 0 Å². The summed E-state index contributed by atoms with van der Waals surface area (Å²) in [5.74, 6) is 0.500. The highest BCUT2D eigenvalue weighted by Gasteiger charge is 2.31. The van der Waals surface area contributed by atoms with Crippen LogP contribution in [0.15, 0.2) is 30.7 Å². The summed E-state index contributed by atoms with van der Waals surface area (Å²) < 4.78 is 1.79. The zero-order valence-corrected chi connectivity index (χ0v) is 17.8. The molecule has 4 heterocycles. The second-order valence-corrected chi connectivity index (χ2v) is 8.67. The van der Waals surface area contributed by atoms with Gasteiger partial charge >= 0.3 is 0 Å². The standard InChI is InChI=1S/C23H27N7O/c1-28-15-18(14-26-28)20-12-19-21(6-7-25-22(19)27-20)29-8-10-30(11-9-29)23(31)17-4-2-16(13-24)3-5-17/h6-7,12,14-17H,2-5,8-11H2,1H3,(H,25,27)/t16-,17-. The van der Waals surface area contributed by atoms with Gasteiger partial charge < -0.3 is 14.8 Å². The van der Waals surface area contributed by atoms with E-state index in [1.807, 2.05) is 30.5 Å². The molecule has 1 saturated heterocycles. The van der Waals surface area contributed by atoms with E-state index in [9.17, 15) is 4.79 Å². The average Bonchev–Trinajstić information content (AvgIpc) is 3.45. The number of rotatable bonds is 3. The van der Waals surface area contributed by atoms with Crippen molar-refractivity contribution in [3.05, 3.63) is 30.7 Å². The van der Waals surface area contributed by atoms with Crippen LogP contribution in [0.4, 0.5) is 5.69 Å². The Kier molecular flexibility index (Phi) is 5.10. The van der Waals surface area contributed by atoms with Crippen LogP contribution in [0.25, 0.3) is 22.3 Å². The molecule has 1 N–H and O–H groups in total. The number of aryl methyl sites for hydroxylation is 1. The predicted molar refractivity (Wildman–Crippen MR) is 118 cm³/mol. The van der Waals surface area contributed by atoms with Crippen molar-refractivity contribution >= 4 is 22.6 Å². The van der Waals surface area contributed by atoms with Gasteiger partial charge in [0.15, 0.2) is 0 Å². The molecule has 2 aliphatic rings. The smallest absolute Gasteiger partial charge is 0.225 e. The van der Waals surface area contributed by atoms with Crippen LogP contribution < -0.4 is 4.90 Å². The van der Waals surface area contributed by atoms with Crippen molar-refractivity contribution in [1.82, 2.24) is 24.6 Å². The number of nitrogens with zero attached hydrogens (tertiary/aromatic N) is 6. The van der Waals surface area contributed by atoms with E-state index in [-0.39, 0.29) is 17.7 Å². The van der Waals surface area contributed by atoms with E-state index in [2.05, 4.69) is 38.2 Å². The normalized spacial score (nSPS) is 21.9. The van der Waals surface area contributed by atoms with E-state index in [0.29, 0.717) is 0 Å². The van der Waals surface area contributed by atoms with Crippen LogP contribution in [-0.4, -0.2) is 56.7 Å². The maximum Gasteiger partial charge on any atom is 0.225 e. The quantitative estimate of drug-likeness (QED) is 0.707. The van der Waals surface area contributed by atoms with Gasteiger partial charge in [0.2, 0.25) is 5.91 Å². The van der Waals surface area contributed by atoms with Gasteiger partial charge in [-0.2, -0.15) is 10.4 Å². The Bertz CT molecular complexity index is 1120. The van der Waals surface area contributed by atoms with Gasteiger partial charge in [0.05, 0.1) is 18.0 Å². The molecule has 1 amide bonds. The van der Waals surface area contributed by atoms with Crippen molar-refractivity contribution in [1.29, 1.82) is 5.26 Å². The zero-order chi connectivity index (χ0) is 21.4. The number of carbonyl (C=O) groups is 1. The van der Waals surface area contributed by atoms with Crippen molar-refractivity contribution in [3.63, 3.8) is 0 Å². The number of nitriles is 1. The van der Waals surface area contributed by atoms with Crippen molar-refractivity contribution in [2.24, 2.45) is 18.9 Å². The van der Waals surface area contributed by atoms with Crippen molar-refractivity contribution in [2.75, 3.05) is 31.1 Å². The maximum absolute atomic E-state index is 13.0. The average molecular weight is 418 g/mol. The summed E-state index contributed by atoms with van der Waals surface area (Å²) in [7, 11) is 1.91. The first-order valence-electron chi connectivity index (χ1n) is 11.0. The summed E-state index contributed by atoms with van der Waals surface area (Å²) >= 11 is 0.